The van der Waals surface area contributed by atoms with E-state index in [4.69, 9.17) is 5.73 Å². The normalized spacial score (nSPS) is 29.1. The summed E-state index contributed by atoms with van der Waals surface area (Å²) in [6, 6.07) is -0.0260. The fourth-order valence-corrected chi connectivity index (χ4v) is 7.90. The highest BCUT2D eigenvalue weighted by Crippen LogP contribution is 2.41. The average molecular weight is 386 g/mol. The van der Waals surface area contributed by atoms with Crippen LogP contribution < -0.4 is 5.73 Å². The second kappa shape index (κ2) is 6.43. The molecule has 0 aromatic carbocycles. The van der Waals surface area contributed by atoms with E-state index in [1.54, 1.807) is 0 Å². The van der Waals surface area contributed by atoms with Crippen molar-refractivity contribution < 1.29 is 17.6 Å². The van der Waals surface area contributed by atoms with Crippen LogP contribution in [0.2, 0.25) is 0 Å². The van der Waals surface area contributed by atoms with Gasteiger partial charge < -0.3 is 5.73 Å². The molecule has 7 heteroatoms. The van der Waals surface area contributed by atoms with E-state index in [0.717, 1.165) is 36.1 Å². The smallest absolute Gasteiger partial charge is 0.180 e. The molecule has 1 aromatic heterocycles. The number of alkyl halides is 1. The summed E-state index contributed by atoms with van der Waals surface area (Å²) in [5.41, 5.74) is 6.93. The number of carbonyl (C=O) groups is 1. The molecule has 2 saturated carbocycles. The minimum atomic E-state index is -3.51. The van der Waals surface area contributed by atoms with Gasteiger partial charge in [-0.2, -0.15) is 0 Å². The number of carbonyl (C=O) groups excluding carboxylic acids is 1. The number of halogens is 1. The van der Waals surface area contributed by atoms with Crippen LogP contribution in [0.5, 0.6) is 0 Å². The van der Waals surface area contributed by atoms with Crippen molar-refractivity contribution in [2.75, 3.05) is 5.75 Å². The van der Waals surface area contributed by atoms with Gasteiger partial charge in [-0.25, -0.2) is 12.8 Å². The third kappa shape index (κ3) is 3.55. The standard InChI is InChI=1S/C18H24FNO3S2/c19-12-5-10(6-12)9-25(22,23)18-14-7-13(20)3-4-16(14)24-17(18)8-15(21)11-1-2-11/h10-13H,1-9,20H2/t10?,12?,13-/m0/s1. The second-order valence-corrected chi connectivity index (χ2v) is 11.1. The molecule has 2 fully saturated rings. The van der Waals surface area contributed by atoms with Gasteiger partial charge in [0.1, 0.15) is 12.0 Å². The largest absolute Gasteiger partial charge is 0.327 e. The Hall–Kier alpha value is -0.790. The van der Waals surface area contributed by atoms with Gasteiger partial charge in [0.25, 0.3) is 0 Å². The Morgan fingerprint density at radius 2 is 1.96 bits per heavy atom. The van der Waals surface area contributed by atoms with Crippen molar-refractivity contribution in [3.63, 3.8) is 0 Å². The Morgan fingerprint density at radius 1 is 1.24 bits per heavy atom. The number of thiophene rings is 1. The van der Waals surface area contributed by atoms with E-state index < -0.39 is 16.0 Å². The molecule has 4 rings (SSSR count). The zero-order valence-corrected chi connectivity index (χ0v) is 15.8. The van der Waals surface area contributed by atoms with Gasteiger partial charge in [0.2, 0.25) is 0 Å². The number of aryl methyl sites for hydroxylation is 1. The van der Waals surface area contributed by atoms with E-state index in [-0.39, 0.29) is 35.8 Å². The quantitative estimate of drug-likeness (QED) is 0.817. The Labute approximate surface area is 151 Å². The van der Waals surface area contributed by atoms with Gasteiger partial charge in [-0.05, 0) is 56.4 Å². The van der Waals surface area contributed by atoms with E-state index in [2.05, 4.69) is 0 Å². The van der Waals surface area contributed by atoms with E-state index in [1.165, 1.54) is 11.3 Å². The van der Waals surface area contributed by atoms with Crippen LogP contribution in [0.1, 0.15) is 47.4 Å². The highest BCUT2D eigenvalue weighted by Gasteiger charge is 2.38. The lowest BCUT2D eigenvalue weighted by molar-refractivity contribution is -0.119. The Balaban J connectivity index is 1.67. The number of nitrogens with two attached hydrogens (primary N) is 1. The van der Waals surface area contributed by atoms with Gasteiger partial charge in [0, 0.05) is 28.1 Å². The lowest BCUT2D eigenvalue weighted by Gasteiger charge is -2.29. The lowest BCUT2D eigenvalue weighted by atomic mass is 9.85. The molecule has 0 aliphatic heterocycles. The molecular weight excluding hydrogens is 361 g/mol. The van der Waals surface area contributed by atoms with Crippen LogP contribution in [0.15, 0.2) is 4.90 Å². The SMILES string of the molecule is N[C@H]1CCc2sc(CC(=O)C3CC3)c(S(=O)(=O)CC3CC(F)C3)c2C1. The maximum absolute atomic E-state index is 13.1. The molecular formula is C18H24FNO3S2. The van der Waals surface area contributed by atoms with E-state index in [0.29, 0.717) is 29.0 Å². The minimum Gasteiger partial charge on any atom is -0.327 e. The number of sulfone groups is 1. The van der Waals surface area contributed by atoms with Crippen LogP contribution in [0.25, 0.3) is 0 Å². The van der Waals surface area contributed by atoms with Crippen molar-refractivity contribution >= 4 is 27.0 Å². The third-order valence-electron chi connectivity index (χ3n) is 5.63. The van der Waals surface area contributed by atoms with Gasteiger partial charge in [-0.3, -0.25) is 4.79 Å². The molecule has 0 spiro atoms. The zero-order valence-electron chi connectivity index (χ0n) is 14.2. The van der Waals surface area contributed by atoms with Crippen molar-refractivity contribution in [3.05, 3.63) is 15.3 Å². The number of hydrogen-bond acceptors (Lipinski definition) is 5. The van der Waals surface area contributed by atoms with Crippen molar-refractivity contribution in [3.8, 4) is 0 Å². The monoisotopic (exact) mass is 385 g/mol. The minimum absolute atomic E-state index is 0.00352. The predicted octanol–water partition coefficient (Wildman–Crippen LogP) is 2.61. The number of fused-ring (bicyclic) bond motifs is 1. The van der Waals surface area contributed by atoms with Gasteiger partial charge in [0.05, 0.1) is 10.6 Å². The fraction of sp³-hybridized carbons (Fsp3) is 0.722. The maximum Gasteiger partial charge on any atom is 0.180 e. The first-order valence-corrected chi connectivity index (χ1v) is 11.6. The van der Waals surface area contributed by atoms with E-state index >= 15 is 0 Å². The highest BCUT2D eigenvalue weighted by atomic mass is 32.2. The van der Waals surface area contributed by atoms with Crippen LogP contribution in [-0.2, 0) is 33.9 Å². The van der Waals surface area contributed by atoms with E-state index in [9.17, 15) is 17.6 Å². The summed E-state index contributed by atoms with van der Waals surface area (Å²) in [5, 5.41) is 0. The summed E-state index contributed by atoms with van der Waals surface area (Å²) in [4.78, 5) is 14.5. The molecule has 1 aromatic rings. The molecule has 138 valence electrons. The molecule has 1 atom stereocenters. The molecule has 4 nitrogen and oxygen atoms in total. The van der Waals surface area contributed by atoms with Gasteiger partial charge >= 0.3 is 0 Å². The third-order valence-corrected chi connectivity index (χ3v) is 9.08. The predicted molar refractivity (Wildman–Crippen MR) is 95.4 cm³/mol. The van der Waals surface area contributed by atoms with E-state index in [1.807, 2.05) is 0 Å². The molecule has 25 heavy (non-hydrogen) atoms. The molecule has 0 bridgehead atoms. The van der Waals surface area contributed by atoms with Crippen LogP contribution in [0, 0.1) is 11.8 Å². The summed E-state index contributed by atoms with van der Waals surface area (Å²) in [6.07, 6.45) is 4.10. The van der Waals surface area contributed by atoms with Crippen molar-refractivity contribution in [1.82, 2.24) is 0 Å². The van der Waals surface area contributed by atoms with Crippen molar-refractivity contribution in [1.29, 1.82) is 0 Å². The molecule has 3 aliphatic rings. The van der Waals surface area contributed by atoms with Gasteiger partial charge in [-0.1, -0.05) is 0 Å². The van der Waals surface area contributed by atoms with Crippen LogP contribution in [0.4, 0.5) is 4.39 Å². The van der Waals surface area contributed by atoms with Crippen molar-refractivity contribution in [2.45, 2.75) is 68.5 Å². The topological polar surface area (TPSA) is 77.2 Å². The molecule has 0 unspecified atom stereocenters. The maximum atomic E-state index is 13.1. The molecule has 0 amide bonds. The van der Waals surface area contributed by atoms with Gasteiger partial charge in [0.15, 0.2) is 9.84 Å². The fourth-order valence-electron chi connectivity index (χ4n) is 4.01. The summed E-state index contributed by atoms with van der Waals surface area (Å²) in [5.74, 6) is 0.179. The molecule has 1 heterocycles. The summed E-state index contributed by atoms with van der Waals surface area (Å²) in [6.45, 7) is 0. The first-order valence-electron chi connectivity index (χ1n) is 9.12. The summed E-state index contributed by atoms with van der Waals surface area (Å²) < 4.78 is 39.3. The Kier molecular flexibility index (Phi) is 4.53. The van der Waals surface area contributed by atoms with Crippen LogP contribution in [0.3, 0.4) is 0 Å². The first kappa shape index (κ1) is 17.6. The number of Topliss-reactive ketones (excluding diaryl/α,β-unsaturated/α-hetero) is 1. The summed E-state index contributed by atoms with van der Waals surface area (Å²) >= 11 is 1.49. The van der Waals surface area contributed by atoms with Crippen molar-refractivity contribution in [2.24, 2.45) is 17.6 Å². The Morgan fingerprint density at radius 3 is 2.60 bits per heavy atom. The van der Waals surface area contributed by atoms with Crippen LogP contribution in [-0.4, -0.2) is 32.2 Å². The first-order chi connectivity index (χ1) is 11.8. The average Bonchev–Trinajstić information content (AvgIpc) is 3.27. The molecule has 2 N–H and O–H groups in total. The van der Waals surface area contributed by atoms with Crippen LogP contribution >= 0.6 is 11.3 Å². The number of rotatable bonds is 6. The molecule has 0 saturated heterocycles. The van der Waals surface area contributed by atoms with Gasteiger partial charge in [-0.15, -0.1) is 11.3 Å². The highest BCUT2D eigenvalue weighted by molar-refractivity contribution is 7.91. The lowest BCUT2D eigenvalue weighted by Crippen LogP contribution is -2.32. The zero-order chi connectivity index (χ0) is 17.8. The summed E-state index contributed by atoms with van der Waals surface area (Å²) in [7, 11) is -3.51. The molecule has 3 aliphatic carbocycles. The Bertz CT molecular complexity index is 791. The number of hydrogen-bond donors (Lipinski definition) is 1. The molecule has 0 radical (unpaired) electrons. The number of ketones is 1. The second-order valence-electron chi connectivity index (χ2n) is 7.89.